The van der Waals surface area contributed by atoms with Gasteiger partial charge < -0.3 is 9.13 Å². The Kier molecular flexibility index (Phi) is 11.9. The number of hydrogen-bond donors (Lipinski definition) is 0. The average molecular weight is 270 g/mol. The number of allylic oxidation sites excluding steroid dienone is 1. The van der Waals surface area contributed by atoms with Crippen molar-refractivity contribution in [2.45, 2.75) is 60.3 Å². The van der Waals surface area contributed by atoms with Gasteiger partial charge in [0.1, 0.15) is 0 Å². The fraction of sp³-hybridized carbons (Fsp3) is 0.867. The smallest absolute Gasteiger partial charge is 0.258 e. The molecule has 0 aliphatic carbocycles. The summed E-state index contributed by atoms with van der Waals surface area (Å²) in [7, 11) is -0.637. The van der Waals surface area contributed by atoms with Gasteiger partial charge >= 0.3 is 0 Å². The Labute approximate surface area is 117 Å². The Hall–Kier alpha value is -0.123. The fourth-order valence-electron chi connectivity index (χ4n) is 2.32. The van der Waals surface area contributed by atoms with Gasteiger partial charge in [-0.2, -0.15) is 0 Å². The summed E-state index contributed by atoms with van der Waals surface area (Å²) in [6.07, 6.45) is 7.30. The minimum absolute atomic E-state index is 0.637. The lowest BCUT2D eigenvalue weighted by Gasteiger charge is -2.35. The maximum Gasteiger partial charge on any atom is 0.258 e. The molecule has 0 aliphatic rings. The molecule has 0 spiro atoms. The molecule has 0 saturated carbocycles. The predicted octanol–water partition coefficient (Wildman–Crippen LogP) is 3.83. The Morgan fingerprint density at radius 3 is 1.28 bits per heavy atom. The highest BCUT2D eigenvalue weighted by molar-refractivity contribution is 6.58. The lowest BCUT2D eigenvalue weighted by Crippen LogP contribution is -2.53. The Balaban J connectivity index is 4.81. The summed E-state index contributed by atoms with van der Waals surface area (Å²) in [6.45, 7) is 16.3. The molecule has 0 atom stereocenters. The van der Waals surface area contributed by atoms with E-state index in [0.717, 1.165) is 0 Å². The largest absolute Gasteiger partial charge is 0.308 e. The van der Waals surface area contributed by atoms with Crippen molar-refractivity contribution in [2.75, 3.05) is 26.2 Å². The molecule has 0 aromatic rings. The van der Waals surface area contributed by atoms with Crippen molar-refractivity contribution in [1.82, 2.24) is 9.13 Å². The number of rotatable bonds is 11. The molecule has 18 heavy (non-hydrogen) atoms. The minimum Gasteiger partial charge on any atom is -0.308 e. The van der Waals surface area contributed by atoms with E-state index in [1.807, 2.05) is 0 Å². The number of nitrogens with zero attached hydrogens (tertiary/aromatic N) is 2. The van der Waals surface area contributed by atoms with E-state index in [1.165, 1.54) is 51.9 Å². The maximum atomic E-state index is 2.73. The predicted molar refractivity (Wildman–Crippen MR) is 84.9 cm³/mol. The summed E-state index contributed by atoms with van der Waals surface area (Å²) < 4.78 is 5.46. The molecular formula is C15H33N2Si. The van der Waals surface area contributed by atoms with E-state index in [4.69, 9.17) is 0 Å². The van der Waals surface area contributed by atoms with Crippen LogP contribution in [0.15, 0.2) is 11.8 Å². The van der Waals surface area contributed by atoms with Crippen LogP contribution in [0, 0.1) is 0 Å². The lowest BCUT2D eigenvalue weighted by atomic mass is 10.4. The fourth-order valence-corrected chi connectivity index (χ4v) is 5.25. The Morgan fingerprint density at radius 1 is 0.722 bits per heavy atom. The first-order chi connectivity index (χ1) is 8.74. The molecule has 0 amide bonds. The van der Waals surface area contributed by atoms with Gasteiger partial charge in [0.2, 0.25) is 0 Å². The third-order valence-electron chi connectivity index (χ3n) is 2.94. The van der Waals surface area contributed by atoms with Crippen LogP contribution in [-0.4, -0.2) is 44.4 Å². The van der Waals surface area contributed by atoms with Gasteiger partial charge in [-0.05, 0) is 58.8 Å². The summed E-state index contributed by atoms with van der Waals surface area (Å²) >= 11 is 0. The second-order valence-electron chi connectivity index (χ2n) is 4.83. The van der Waals surface area contributed by atoms with Crippen LogP contribution in [0.4, 0.5) is 0 Å². The zero-order chi connectivity index (χ0) is 13.8. The van der Waals surface area contributed by atoms with E-state index >= 15 is 0 Å². The standard InChI is InChI=1S/C15H33N2Si/c1-6-11-16(12-7-2)18(15-10-5)17(13-8-3)14-9-4/h10,15H,6-9,11-14H2,1-5H3. The van der Waals surface area contributed by atoms with Crippen LogP contribution in [0.1, 0.15) is 60.3 Å². The molecule has 2 nitrogen and oxygen atoms in total. The van der Waals surface area contributed by atoms with Crippen molar-refractivity contribution >= 4 is 9.12 Å². The highest BCUT2D eigenvalue weighted by Gasteiger charge is 2.24. The normalized spacial score (nSPS) is 12.4. The molecule has 0 rings (SSSR count). The molecule has 0 aromatic heterocycles. The SMILES string of the molecule is CC=C[Si](N(CCC)CCC)N(CCC)CCC. The maximum absolute atomic E-state index is 2.73. The molecule has 0 bridgehead atoms. The molecule has 0 fully saturated rings. The molecule has 0 saturated heterocycles. The van der Waals surface area contributed by atoms with E-state index in [2.05, 4.69) is 55.5 Å². The first-order valence-corrected chi connectivity index (χ1v) is 9.21. The highest BCUT2D eigenvalue weighted by atomic mass is 28.3. The average Bonchev–Trinajstić information content (AvgIpc) is 2.36. The first kappa shape index (κ1) is 17.9. The Morgan fingerprint density at radius 2 is 1.06 bits per heavy atom. The van der Waals surface area contributed by atoms with Crippen LogP contribution in [-0.2, 0) is 0 Å². The van der Waals surface area contributed by atoms with E-state index < -0.39 is 9.12 Å². The topological polar surface area (TPSA) is 6.48 Å². The highest BCUT2D eigenvalue weighted by Crippen LogP contribution is 2.08. The van der Waals surface area contributed by atoms with Crippen molar-refractivity contribution < 1.29 is 0 Å². The lowest BCUT2D eigenvalue weighted by molar-refractivity contribution is 0.346. The Bertz CT molecular complexity index is 179. The van der Waals surface area contributed by atoms with Crippen LogP contribution in [0.5, 0.6) is 0 Å². The van der Waals surface area contributed by atoms with Crippen molar-refractivity contribution in [1.29, 1.82) is 0 Å². The molecule has 1 radical (unpaired) electrons. The molecule has 0 unspecified atom stereocenters. The molecule has 3 heteroatoms. The van der Waals surface area contributed by atoms with Gasteiger partial charge in [-0.25, -0.2) is 0 Å². The van der Waals surface area contributed by atoms with Gasteiger partial charge in [-0.1, -0.05) is 39.5 Å². The van der Waals surface area contributed by atoms with E-state index in [-0.39, 0.29) is 0 Å². The molecule has 107 valence electrons. The third-order valence-corrected chi connectivity index (χ3v) is 5.76. The summed E-state index contributed by atoms with van der Waals surface area (Å²) in [4.78, 5) is 0. The third kappa shape index (κ3) is 6.71. The van der Waals surface area contributed by atoms with E-state index in [0.29, 0.717) is 0 Å². The zero-order valence-electron chi connectivity index (χ0n) is 13.2. The summed E-state index contributed by atoms with van der Waals surface area (Å²) in [5.74, 6) is 0. The van der Waals surface area contributed by atoms with Crippen LogP contribution < -0.4 is 0 Å². The van der Waals surface area contributed by atoms with E-state index in [1.54, 1.807) is 0 Å². The first-order valence-electron chi connectivity index (χ1n) is 7.74. The van der Waals surface area contributed by atoms with Crippen molar-refractivity contribution in [3.8, 4) is 0 Å². The van der Waals surface area contributed by atoms with Crippen LogP contribution in [0.3, 0.4) is 0 Å². The van der Waals surface area contributed by atoms with E-state index in [9.17, 15) is 0 Å². The van der Waals surface area contributed by atoms with Gasteiger partial charge in [0.25, 0.3) is 9.12 Å². The van der Waals surface area contributed by atoms with Crippen LogP contribution in [0.25, 0.3) is 0 Å². The second kappa shape index (κ2) is 11.9. The van der Waals surface area contributed by atoms with Crippen LogP contribution >= 0.6 is 0 Å². The molecule has 0 heterocycles. The van der Waals surface area contributed by atoms with Gasteiger partial charge in [-0.15, -0.1) is 0 Å². The van der Waals surface area contributed by atoms with Crippen LogP contribution in [0.2, 0.25) is 0 Å². The number of hydrogen-bond acceptors (Lipinski definition) is 2. The monoisotopic (exact) mass is 269 g/mol. The van der Waals surface area contributed by atoms with Crippen molar-refractivity contribution in [2.24, 2.45) is 0 Å². The molecular weight excluding hydrogens is 236 g/mol. The summed E-state index contributed by atoms with van der Waals surface area (Å²) in [5, 5.41) is 0. The summed E-state index contributed by atoms with van der Waals surface area (Å²) in [6, 6.07) is 0. The van der Waals surface area contributed by atoms with Gasteiger partial charge in [0.05, 0.1) is 0 Å². The molecule has 0 aromatic carbocycles. The zero-order valence-corrected chi connectivity index (χ0v) is 14.2. The minimum atomic E-state index is -0.637. The molecule has 0 N–H and O–H groups in total. The summed E-state index contributed by atoms with van der Waals surface area (Å²) in [5.41, 5.74) is 2.47. The quantitative estimate of drug-likeness (QED) is 0.526. The van der Waals surface area contributed by atoms with Crippen molar-refractivity contribution in [3.63, 3.8) is 0 Å². The van der Waals surface area contributed by atoms with Gasteiger partial charge in [0.15, 0.2) is 0 Å². The van der Waals surface area contributed by atoms with Gasteiger partial charge in [0, 0.05) is 0 Å². The second-order valence-corrected chi connectivity index (χ2v) is 7.15. The van der Waals surface area contributed by atoms with Gasteiger partial charge in [-0.3, -0.25) is 0 Å². The van der Waals surface area contributed by atoms with Crippen molar-refractivity contribution in [3.05, 3.63) is 11.8 Å². The molecule has 0 aliphatic heterocycles.